The molecule has 0 saturated carbocycles. The minimum absolute atomic E-state index is 0.0647. The third-order valence-electron chi connectivity index (χ3n) is 3.81. The number of rotatable bonds is 4. The number of nitrogens with zero attached hydrogens (tertiary/aromatic N) is 3. The van der Waals surface area contributed by atoms with Crippen molar-refractivity contribution in [2.75, 3.05) is 36.1 Å². The first kappa shape index (κ1) is 16.3. The van der Waals surface area contributed by atoms with Gasteiger partial charge in [-0.25, -0.2) is 0 Å². The molecule has 0 atom stereocenters. The normalized spacial score (nSPS) is 15.2. The van der Waals surface area contributed by atoms with Gasteiger partial charge < -0.3 is 21.3 Å². The molecule has 0 amide bonds. The fourth-order valence-electron chi connectivity index (χ4n) is 2.45. The third-order valence-corrected chi connectivity index (χ3v) is 3.81. The van der Waals surface area contributed by atoms with Crippen molar-refractivity contribution in [2.24, 2.45) is 0 Å². The van der Waals surface area contributed by atoms with Gasteiger partial charge in [-0.3, -0.25) is 0 Å². The standard InChI is InChI=1S/C15H17F3N6/c1-20-11-7-24(8-11)13-6-12(22-14(19)23-13)21-10-4-2-3-9(5-10)15(16,17)18/h2-6,11,20H,7-8H2,1H3,(H3,19,21,22,23). The molecule has 4 N–H and O–H groups in total. The molecule has 1 saturated heterocycles. The Labute approximate surface area is 136 Å². The van der Waals surface area contributed by atoms with Crippen LogP contribution in [0, 0.1) is 0 Å². The average Bonchev–Trinajstić information content (AvgIpc) is 2.45. The van der Waals surface area contributed by atoms with Crippen LogP contribution in [0.15, 0.2) is 30.3 Å². The second-order valence-electron chi connectivity index (χ2n) is 5.56. The van der Waals surface area contributed by atoms with Crippen LogP contribution in [0.5, 0.6) is 0 Å². The molecule has 1 aliphatic heterocycles. The molecule has 128 valence electrons. The maximum Gasteiger partial charge on any atom is 0.416 e. The van der Waals surface area contributed by atoms with Crippen molar-refractivity contribution in [3.8, 4) is 0 Å². The van der Waals surface area contributed by atoms with E-state index in [1.165, 1.54) is 12.1 Å². The van der Waals surface area contributed by atoms with Crippen molar-refractivity contribution in [3.63, 3.8) is 0 Å². The van der Waals surface area contributed by atoms with Gasteiger partial charge in [-0.1, -0.05) is 6.07 Å². The first-order chi connectivity index (χ1) is 11.3. The summed E-state index contributed by atoms with van der Waals surface area (Å²) in [5.41, 5.74) is 5.27. The number of benzene rings is 1. The fraction of sp³-hybridized carbons (Fsp3) is 0.333. The summed E-state index contributed by atoms with van der Waals surface area (Å²) in [4.78, 5) is 10.2. The molecule has 1 aromatic heterocycles. The smallest absolute Gasteiger partial charge is 0.368 e. The molecule has 0 spiro atoms. The molecule has 24 heavy (non-hydrogen) atoms. The lowest BCUT2D eigenvalue weighted by molar-refractivity contribution is -0.137. The zero-order valence-electron chi connectivity index (χ0n) is 12.9. The van der Waals surface area contributed by atoms with Gasteiger partial charge >= 0.3 is 6.18 Å². The molecular weight excluding hydrogens is 321 g/mol. The maximum atomic E-state index is 12.8. The Kier molecular flexibility index (Phi) is 4.18. The molecule has 3 rings (SSSR count). The molecule has 0 aliphatic carbocycles. The van der Waals surface area contributed by atoms with Gasteiger partial charge in [0.1, 0.15) is 11.6 Å². The van der Waals surface area contributed by atoms with Crippen LogP contribution in [0.1, 0.15) is 5.56 Å². The van der Waals surface area contributed by atoms with E-state index in [0.29, 0.717) is 17.7 Å². The Bertz CT molecular complexity index is 727. The van der Waals surface area contributed by atoms with E-state index in [0.717, 1.165) is 25.2 Å². The number of nitrogen functional groups attached to an aromatic ring is 1. The molecule has 2 aromatic rings. The second-order valence-corrected chi connectivity index (χ2v) is 5.56. The van der Waals surface area contributed by atoms with Gasteiger partial charge in [0.25, 0.3) is 0 Å². The van der Waals surface area contributed by atoms with Gasteiger partial charge in [0.15, 0.2) is 0 Å². The second kappa shape index (κ2) is 6.16. The SMILES string of the molecule is CNC1CN(c2cc(Nc3cccc(C(F)(F)F)c3)nc(N)n2)C1. The van der Waals surface area contributed by atoms with Gasteiger partial charge in [-0.2, -0.15) is 23.1 Å². The van der Waals surface area contributed by atoms with E-state index in [-0.39, 0.29) is 11.6 Å². The molecule has 1 aromatic carbocycles. The van der Waals surface area contributed by atoms with Crippen molar-refractivity contribution in [3.05, 3.63) is 35.9 Å². The van der Waals surface area contributed by atoms with Gasteiger partial charge in [0.2, 0.25) is 5.95 Å². The summed E-state index contributed by atoms with van der Waals surface area (Å²) >= 11 is 0. The predicted molar refractivity (Wildman–Crippen MR) is 86.2 cm³/mol. The Morgan fingerprint density at radius 3 is 2.62 bits per heavy atom. The lowest BCUT2D eigenvalue weighted by Gasteiger charge is -2.40. The number of aromatic nitrogens is 2. The number of hydrogen-bond acceptors (Lipinski definition) is 6. The molecule has 0 radical (unpaired) electrons. The lowest BCUT2D eigenvalue weighted by Crippen LogP contribution is -2.57. The zero-order chi connectivity index (χ0) is 17.3. The van der Waals surface area contributed by atoms with E-state index >= 15 is 0 Å². The Hall–Kier alpha value is -2.55. The van der Waals surface area contributed by atoms with E-state index in [2.05, 4.69) is 20.6 Å². The van der Waals surface area contributed by atoms with Crippen LogP contribution in [0.4, 0.5) is 36.4 Å². The van der Waals surface area contributed by atoms with Crippen molar-refractivity contribution in [1.29, 1.82) is 0 Å². The van der Waals surface area contributed by atoms with Crippen LogP contribution in [0.2, 0.25) is 0 Å². The summed E-state index contributed by atoms with van der Waals surface area (Å²) in [5.74, 6) is 1.06. The first-order valence-corrected chi connectivity index (χ1v) is 7.36. The summed E-state index contributed by atoms with van der Waals surface area (Å²) in [6, 6.07) is 6.97. The van der Waals surface area contributed by atoms with E-state index in [1.54, 1.807) is 6.07 Å². The zero-order valence-corrected chi connectivity index (χ0v) is 12.9. The van der Waals surface area contributed by atoms with Crippen molar-refractivity contribution >= 4 is 23.3 Å². The highest BCUT2D eigenvalue weighted by Gasteiger charge is 2.30. The van der Waals surface area contributed by atoms with Crippen LogP contribution in [-0.4, -0.2) is 36.1 Å². The number of anilines is 4. The van der Waals surface area contributed by atoms with Crippen LogP contribution < -0.4 is 21.3 Å². The summed E-state index contributed by atoms with van der Waals surface area (Å²) in [6.45, 7) is 1.58. The molecule has 2 heterocycles. The van der Waals surface area contributed by atoms with E-state index in [4.69, 9.17) is 5.73 Å². The minimum Gasteiger partial charge on any atom is -0.368 e. The number of likely N-dealkylation sites (N-methyl/N-ethyl adjacent to an activating group) is 1. The largest absolute Gasteiger partial charge is 0.416 e. The third kappa shape index (κ3) is 3.51. The number of nitrogens with one attached hydrogen (secondary N) is 2. The van der Waals surface area contributed by atoms with E-state index < -0.39 is 11.7 Å². The number of halogens is 3. The van der Waals surface area contributed by atoms with Crippen LogP contribution in [0.3, 0.4) is 0 Å². The average molecular weight is 338 g/mol. The molecule has 9 heteroatoms. The number of hydrogen-bond donors (Lipinski definition) is 3. The van der Waals surface area contributed by atoms with Crippen molar-refractivity contribution < 1.29 is 13.2 Å². The predicted octanol–water partition coefficient (Wildman–Crippen LogP) is 2.23. The van der Waals surface area contributed by atoms with Crippen LogP contribution in [0.25, 0.3) is 0 Å². The summed E-state index contributed by atoms with van der Waals surface area (Å²) in [6.07, 6.45) is -4.40. The monoisotopic (exact) mass is 338 g/mol. The van der Waals surface area contributed by atoms with Gasteiger partial charge in [-0.15, -0.1) is 0 Å². The van der Waals surface area contributed by atoms with Gasteiger partial charge in [0.05, 0.1) is 5.56 Å². The topological polar surface area (TPSA) is 79.1 Å². The molecule has 1 aliphatic rings. The lowest BCUT2D eigenvalue weighted by atomic mass is 10.1. The van der Waals surface area contributed by atoms with E-state index in [1.807, 2.05) is 11.9 Å². The van der Waals surface area contributed by atoms with Crippen molar-refractivity contribution in [2.45, 2.75) is 12.2 Å². The maximum absolute atomic E-state index is 12.8. The van der Waals surface area contributed by atoms with Crippen molar-refractivity contribution in [1.82, 2.24) is 15.3 Å². The summed E-state index contributed by atoms with van der Waals surface area (Å²) in [7, 11) is 1.89. The molecule has 1 fully saturated rings. The van der Waals surface area contributed by atoms with Crippen LogP contribution >= 0.6 is 0 Å². The highest BCUT2D eigenvalue weighted by atomic mass is 19.4. The molecule has 0 unspecified atom stereocenters. The molecule has 6 nitrogen and oxygen atoms in total. The highest BCUT2D eigenvalue weighted by molar-refractivity contribution is 5.62. The summed E-state index contributed by atoms with van der Waals surface area (Å²) < 4.78 is 38.3. The summed E-state index contributed by atoms with van der Waals surface area (Å²) in [5, 5.41) is 6.00. The van der Waals surface area contributed by atoms with Gasteiger partial charge in [-0.05, 0) is 25.2 Å². The molecule has 0 bridgehead atoms. The Balaban J connectivity index is 1.79. The van der Waals surface area contributed by atoms with E-state index in [9.17, 15) is 13.2 Å². The highest BCUT2D eigenvalue weighted by Crippen LogP contribution is 2.31. The quantitative estimate of drug-likeness (QED) is 0.793. The Morgan fingerprint density at radius 2 is 1.96 bits per heavy atom. The van der Waals surface area contributed by atoms with Crippen LogP contribution in [-0.2, 0) is 6.18 Å². The van der Waals surface area contributed by atoms with Gasteiger partial charge in [0, 0.05) is 30.9 Å². The number of nitrogens with two attached hydrogens (primary N) is 1. The minimum atomic E-state index is -4.40. The Morgan fingerprint density at radius 1 is 1.21 bits per heavy atom. The first-order valence-electron chi connectivity index (χ1n) is 7.36. The number of alkyl halides is 3. The molecular formula is C15H17F3N6. The fourth-order valence-corrected chi connectivity index (χ4v) is 2.45.